The van der Waals surface area contributed by atoms with Gasteiger partial charge in [0.1, 0.15) is 5.75 Å². The third kappa shape index (κ3) is 5.31. The molecule has 162 valence electrons. The van der Waals surface area contributed by atoms with Crippen molar-refractivity contribution in [3.8, 4) is 5.75 Å². The van der Waals surface area contributed by atoms with E-state index in [4.69, 9.17) is 11.6 Å². The van der Waals surface area contributed by atoms with Crippen molar-refractivity contribution >= 4 is 38.9 Å². The lowest BCUT2D eigenvalue weighted by atomic mass is 10.2. The summed E-state index contributed by atoms with van der Waals surface area (Å²) >= 11 is 5.94. The van der Waals surface area contributed by atoms with E-state index in [1.165, 1.54) is 61.6 Å². The third-order valence-corrected chi connectivity index (χ3v) is 6.29. The van der Waals surface area contributed by atoms with Gasteiger partial charge in [0.2, 0.25) is 0 Å². The molecule has 0 heterocycles. The average Bonchev–Trinajstić information content (AvgIpc) is 2.74. The van der Waals surface area contributed by atoms with Crippen LogP contribution in [-0.4, -0.2) is 28.0 Å². The molecule has 3 aromatic carbocycles. The molecule has 1 N–H and O–H groups in total. The zero-order chi connectivity index (χ0) is 22.6. The molecule has 1 amide bonds. The number of halogens is 3. The Morgan fingerprint density at radius 2 is 1.74 bits per heavy atom. The van der Waals surface area contributed by atoms with Crippen molar-refractivity contribution in [2.24, 2.45) is 0 Å². The number of ether oxygens (including phenoxy) is 1. The Labute approximate surface area is 183 Å². The number of para-hydroxylation sites is 2. The van der Waals surface area contributed by atoms with E-state index in [1.54, 1.807) is 18.2 Å². The van der Waals surface area contributed by atoms with Crippen LogP contribution in [0.4, 0.5) is 20.2 Å². The second-order valence-corrected chi connectivity index (χ2v) is 8.71. The van der Waals surface area contributed by atoms with Crippen molar-refractivity contribution in [3.05, 3.63) is 83.4 Å². The van der Waals surface area contributed by atoms with E-state index in [0.29, 0.717) is 10.7 Å². The Morgan fingerprint density at radius 1 is 1.03 bits per heavy atom. The molecule has 10 heteroatoms. The number of amides is 1. The summed E-state index contributed by atoms with van der Waals surface area (Å²) in [4.78, 5) is 12.5. The fraction of sp³-hybridized carbons (Fsp3) is 0.0952. The van der Waals surface area contributed by atoms with E-state index in [0.717, 1.165) is 4.31 Å². The zero-order valence-corrected chi connectivity index (χ0v) is 17.7. The standard InChI is InChI=1S/C21H17ClF2N2O4S/c1-26(16-8-5-7-15(22)13-16)31(28,29)17-9-4-6-14(12-17)20(27)25-18-10-2-3-11-19(18)30-21(23)24/h2-13,21H,1H3,(H,25,27). The maximum absolute atomic E-state index is 13.0. The van der Waals surface area contributed by atoms with E-state index in [-0.39, 0.29) is 21.9 Å². The summed E-state index contributed by atoms with van der Waals surface area (Å²) in [5.74, 6) is -0.900. The number of rotatable bonds is 7. The van der Waals surface area contributed by atoms with Gasteiger partial charge in [0.25, 0.3) is 15.9 Å². The maximum Gasteiger partial charge on any atom is 0.387 e. The fourth-order valence-corrected chi connectivity index (χ4v) is 4.15. The average molecular weight is 467 g/mol. The molecule has 0 aliphatic carbocycles. The maximum atomic E-state index is 13.0. The quantitative estimate of drug-likeness (QED) is 0.530. The molecular weight excluding hydrogens is 450 g/mol. The van der Waals surface area contributed by atoms with Gasteiger partial charge in [-0.2, -0.15) is 8.78 Å². The Hall–Kier alpha value is -3.17. The van der Waals surface area contributed by atoms with Gasteiger partial charge in [0, 0.05) is 17.6 Å². The van der Waals surface area contributed by atoms with E-state index >= 15 is 0 Å². The summed E-state index contributed by atoms with van der Waals surface area (Å²) in [7, 11) is -2.62. The Balaban J connectivity index is 1.87. The first-order valence-electron chi connectivity index (χ1n) is 8.88. The molecule has 0 aromatic heterocycles. The normalized spacial score (nSPS) is 11.3. The van der Waals surface area contributed by atoms with Crippen molar-refractivity contribution in [2.75, 3.05) is 16.7 Å². The molecule has 0 atom stereocenters. The van der Waals surface area contributed by atoms with Gasteiger partial charge in [-0.25, -0.2) is 8.42 Å². The molecule has 0 aliphatic heterocycles. The predicted molar refractivity (Wildman–Crippen MR) is 115 cm³/mol. The smallest absolute Gasteiger partial charge is 0.387 e. The predicted octanol–water partition coefficient (Wildman–Crippen LogP) is 5.02. The van der Waals surface area contributed by atoms with Gasteiger partial charge in [-0.05, 0) is 48.5 Å². The molecule has 0 bridgehead atoms. The molecule has 0 unspecified atom stereocenters. The minimum absolute atomic E-state index is 0.0208. The van der Waals surface area contributed by atoms with Crippen LogP contribution in [0.3, 0.4) is 0 Å². The number of alkyl halides is 2. The number of hydrogen-bond acceptors (Lipinski definition) is 4. The summed E-state index contributed by atoms with van der Waals surface area (Å²) < 4.78 is 56.6. The number of nitrogens with one attached hydrogen (secondary N) is 1. The van der Waals surface area contributed by atoms with Crippen LogP contribution < -0.4 is 14.4 Å². The van der Waals surface area contributed by atoms with Gasteiger partial charge >= 0.3 is 6.61 Å². The second-order valence-electron chi connectivity index (χ2n) is 6.31. The monoisotopic (exact) mass is 466 g/mol. The highest BCUT2D eigenvalue weighted by atomic mass is 35.5. The van der Waals surface area contributed by atoms with Gasteiger partial charge in [-0.3, -0.25) is 9.10 Å². The molecule has 0 fully saturated rings. The fourth-order valence-electron chi connectivity index (χ4n) is 2.73. The van der Waals surface area contributed by atoms with Gasteiger partial charge in [0.05, 0.1) is 16.3 Å². The minimum atomic E-state index is -3.99. The SMILES string of the molecule is CN(c1cccc(Cl)c1)S(=O)(=O)c1cccc(C(=O)Nc2ccccc2OC(F)F)c1. The van der Waals surface area contributed by atoms with Crippen LogP contribution in [0.1, 0.15) is 10.4 Å². The number of carbonyl (C=O) groups excluding carboxylic acids is 1. The molecule has 0 spiro atoms. The van der Waals surface area contributed by atoms with Crippen molar-refractivity contribution in [1.82, 2.24) is 0 Å². The van der Waals surface area contributed by atoms with Crippen LogP contribution in [0.15, 0.2) is 77.7 Å². The third-order valence-electron chi connectivity index (χ3n) is 4.28. The number of nitrogens with zero attached hydrogens (tertiary/aromatic N) is 1. The number of carbonyl (C=O) groups is 1. The van der Waals surface area contributed by atoms with Crippen LogP contribution in [0.2, 0.25) is 5.02 Å². The molecular formula is C21H17ClF2N2O4S. The van der Waals surface area contributed by atoms with Crippen molar-refractivity contribution in [1.29, 1.82) is 0 Å². The van der Waals surface area contributed by atoms with E-state index in [9.17, 15) is 22.0 Å². The van der Waals surface area contributed by atoms with Gasteiger partial charge < -0.3 is 10.1 Å². The highest BCUT2D eigenvalue weighted by molar-refractivity contribution is 7.92. The highest BCUT2D eigenvalue weighted by Crippen LogP contribution is 2.27. The second kappa shape index (κ2) is 9.32. The molecule has 0 aliphatic rings. The highest BCUT2D eigenvalue weighted by Gasteiger charge is 2.23. The van der Waals surface area contributed by atoms with Crippen LogP contribution in [0.5, 0.6) is 5.75 Å². The Morgan fingerprint density at radius 3 is 2.45 bits per heavy atom. The van der Waals surface area contributed by atoms with E-state index < -0.39 is 22.5 Å². The van der Waals surface area contributed by atoms with Gasteiger partial charge in [-0.15, -0.1) is 0 Å². The summed E-state index contributed by atoms with van der Waals surface area (Å²) in [6, 6.07) is 17.4. The molecule has 31 heavy (non-hydrogen) atoms. The zero-order valence-electron chi connectivity index (χ0n) is 16.1. The summed E-state index contributed by atoms with van der Waals surface area (Å²) in [5, 5.41) is 2.83. The number of hydrogen-bond donors (Lipinski definition) is 1. The lowest BCUT2D eigenvalue weighted by Gasteiger charge is -2.20. The first-order valence-corrected chi connectivity index (χ1v) is 10.7. The van der Waals surface area contributed by atoms with Crippen LogP contribution >= 0.6 is 11.6 Å². The summed E-state index contributed by atoms with van der Waals surface area (Å²) in [6.07, 6.45) is 0. The Bertz CT molecular complexity index is 1210. The molecule has 3 aromatic rings. The molecule has 3 rings (SSSR count). The number of benzene rings is 3. The summed E-state index contributed by atoms with van der Waals surface area (Å²) in [5.41, 5.74) is 0.393. The van der Waals surface area contributed by atoms with E-state index in [2.05, 4.69) is 10.1 Å². The first-order chi connectivity index (χ1) is 14.7. The number of sulfonamides is 1. The lowest BCUT2D eigenvalue weighted by molar-refractivity contribution is -0.0493. The molecule has 6 nitrogen and oxygen atoms in total. The molecule has 0 radical (unpaired) electrons. The van der Waals surface area contributed by atoms with Gasteiger partial charge in [0.15, 0.2) is 0 Å². The van der Waals surface area contributed by atoms with Crippen molar-refractivity contribution in [3.63, 3.8) is 0 Å². The van der Waals surface area contributed by atoms with Crippen LogP contribution in [-0.2, 0) is 10.0 Å². The minimum Gasteiger partial charge on any atom is -0.433 e. The topological polar surface area (TPSA) is 75.7 Å². The van der Waals surface area contributed by atoms with Crippen molar-refractivity contribution in [2.45, 2.75) is 11.5 Å². The molecule has 0 saturated carbocycles. The largest absolute Gasteiger partial charge is 0.433 e. The van der Waals surface area contributed by atoms with Crippen LogP contribution in [0, 0.1) is 0 Å². The van der Waals surface area contributed by atoms with E-state index in [1.807, 2.05) is 0 Å². The molecule has 0 saturated heterocycles. The lowest BCUT2D eigenvalue weighted by Crippen LogP contribution is -2.26. The summed E-state index contributed by atoms with van der Waals surface area (Å²) in [6.45, 7) is -3.06. The van der Waals surface area contributed by atoms with Gasteiger partial charge in [-0.1, -0.05) is 35.9 Å². The number of anilines is 2. The van der Waals surface area contributed by atoms with Crippen molar-refractivity contribution < 1.29 is 26.7 Å². The first kappa shape index (κ1) is 22.5. The van der Waals surface area contributed by atoms with Crippen LogP contribution in [0.25, 0.3) is 0 Å². The Kier molecular flexibility index (Phi) is 6.77.